The Morgan fingerprint density at radius 3 is 2.40 bits per heavy atom. The highest BCUT2D eigenvalue weighted by molar-refractivity contribution is 5.68. The molecule has 0 aliphatic rings. The first-order valence-corrected chi connectivity index (χ1v) is 7.23. The largest absolute Gasteiger partial charge is 0.497 e. The van der Waals surface area contributed by atoms with Crippen molar-refractivity contribution < 1.29 is 4.74 Å². The molecule has 0 aliphatic carbocycles. The van der Waals surface area contributed by atoms with Gasteiger partial charge in [-0.25, -0.2) is 0 Å². The van der Waals surface area contributed by atoms with Crippen LogP contribution in [0.5, 0.6) is 5.75 Å². The van der Waals surface area contributed by atoms with Gasteiger partial charge in [-0.3, -0.25) is 0 Å². The fraction of sp³-hybridized carbons (Fsp3) is 0.333. The molecule has 0 radical (unpaired) electrons. The summed E-state index contributed by atoms with van der Waals surface area (Å²) in [5.41, 5.74) is 3.85. The van der Waals surface area contributed by atoms with Crippen molar-refractivity contribution in [3.05, 3.63) is 54.1 Å². The smallest absolute Gasteiger partial charge is 0.118 e. The Morgan fingerprint density at radius 1 is 1.05 bits per heavy atom. The van der Waals surface area contributed by atoms with E-state index in [0.29, 0.717) is 6.04 Å². The predicted molar refractivity (Wildman–Crippen MR) is 85.1 cm³/mol. The molecule has 2 heteroatoms. The van der Waals surface area contributed by atoms with Gasteiger partial charge in [-0.2, -0.15) is 0 Å². The van der Waals surface area contributed by atoms with Crippen LogP contribution in [0.25, 0.3) is 11.1 Å². The van der Waals surface area contributed by atoms with Gasteiger partial charge in [0.1, 0.15) is 5.75 Å². The number of hydrogen-bond donors (Lipinski definition) is 1. The van der Waals surface area contributed by atoms with Gasteiger partial charge in [-0.05, 0) is 48.7 Å². The standard InChI is InChI=1S/C18H23NO/c1-4-13-19-14(2)17-7-5-6-8-18(17)15-9-11-16(20-3)12-10-15/h5-12,14,19H,4,13H2,1-3H3. The molecule has 0 heterocycles. The molecule has 1 N–H and O–H groups in total. The Hall–Kier alpha value is -1.80. The number of ether oxygens (including phenoxy) is 1. The van der Waals surface area contributed by atoms with Crippen LogP contribution >= 0.6 is 0 Å². The number of rotatable bonds is 6. The van der Waals surface area contributed by atoms with Gasteiger partial charge in [0, 0.05) is 6.04 Å². The van der Waals surface area contributed by atoms with Gasteiger partial charge in [0.15, 0.2) is 0 Å². The van der Waals surface area contributed by atoms with Crippen LogP contribution in [0, 0.1) is 0 Å². The first-order chi connectivity index (χ1) is 9.76. The van der Waals surface area contributed by atoms with Crippen molar-refractivity contribution in [1.29, 1.82) is 0 Å². The summed E-state index contributed by atoms with van der Waals surface area (Å²) < 4.78 is 5.22. The Morgan fingerprint density at radius 2 is 1.75 bits per heavy atom. The molecule has 0 bridgehead atoms. The van der Waals surface area contributed by atoms with Crippen LogP contribution in [0.1, 0.15) is 31.9 Å². The predicted octanol–water partition coefficient (Wildman–Crippen LogP) is 4.42. The second-order valence-electron chi connectivity index (χ2n) is 4.99. The number of nitrogens with one attached hydrogen (secondary N) is 1. The maximum atomic E-state index is 5.22. The molecule has 106 valence electrons. The van der Waals surface area contributed by atoms with Crippen molar-refractivity contribution in [3.63, 3.8) is 0 Å². The van der Waals surface area contributed by atoms with E-state index in [1.807, 2.05) is 12.1 Å². The lowest BCUT2D eigenvalue weighted by molar-refractivity contribution is 0.415. The van der Waals surface area contributed by atoms with E-state index in [1.165, 1.54) is 16.7 Å². The van der Waals surface area contributed by atoms with Crippen molar-refractivity contribution in [3.8, 4) is 16.9 Å². The zero-order chi connectivity index (χ0) is 14.4. The van der Waals surface area contributed by atoms with Crippen molar-refractivity contribution in [2.75, 3.05) is 13.7 Å². The van der Waals surface area contributed by atoms with Crippen molar-refractivity contribution >= 4 is 0 Å². The number of hydrogen-bond acceptors (Lipinski definition) is 2. The molecule has 2 aromatic carbocycles. The first kappa shape index (κ1) is 14.6. The van der Waals surface area contributed by atoms with Gasteiger partial charge in [0.2, 0.25) is 0 Å². The van der Waals surface area contributed by atoms with Crippen LogP contribution < -0.4 is 10.1 Å². The molecule has 1 unspecified atom stereocenters. The summed E-state index contributed by atoms with van der Waals surface area (Å²) in [4.78, 5) is 0. The van der Waals surface area contributed by atoms with Crippen LogP contribution in [-0.2, 0) is 0 Å². The third-order valence-electron chi connectivity index (χ3n) is 3.53. The molecule has 0 spiro atoms. The molecule has 1 atom stereocenters. The number of methoxy groups -OCH3 is 1. The molecule has 0 amide bonds. The molecule has 0 aromatic heterocycles. The Bertz CT molecular complexity index is 533. The van der Waals surface area contributed by atoms with Gasteiger partial charge in [0.05, 0.1) is 7.11 Å². The Kier molecular flexibility index (Phi) is 5.19. The third kappa shape index (κ3) is 3.40. The number of benzene rings is 2. The molecule has 0 saturated heterocycles. The molecule has 0 fully saturated rings. The average Bonchev–Trinajstić information content (AvgIpc) is 2.52. The summed E-state index contributed by atoms with van der Waals surface area (Å²) in [6, 6.07) is 17.2. The zero-order valence-corrected chi connectivity index (χ0v) is 12.5. The summed E-state index contributed by atoms with van der Waals surface area (Å²) in [6.45, 7) is 5.45. The Balaban J connectivity index is 2.30. The fourth-order valence-corrected chi connectivity index (χ4v) is 2.38. The van der Waals surface area contributed by atoms with Crippen molar-refractivity contribution in [2.45, 2.75) is 26.3 Å². The van der Waals surface area contributed by atoms with E-state index in [-0.39, 0.29) is 0 Å². The normalized spacial score (nSPS) is 12.2. The van der Waals surface area contributed by atoms with Gasteiger partial charge >= 0.3 is 0 Å². The van der Waals surface area contributed by atoms with E-state index in [9.17, 15) is 0 Å². The molecular weight excluding hydrogens is 246 g/mol. The summed E-state index contributed by atoms with van der Waals surface area (Å²) in [7, 11) is 1.69. The second kappa shape index (κ2) is 7.11. The third-order valence-corrected chi connectivity index (χ3v) is 3.53. The van der Waals surface area contributed by atoms with Crippen LogP contribution in [0.2, 0.25) is 0 Å². The molecule has 2 aromatic rings. The molecular formula is C18H23NO. The van der Waals surface area contributed by atoms with Crippen LogP contribution in [0.4, 0.5) is 0 Å². The zero-order valence-electron chi connectivity index (χ0n) is 12.5. The summed E-state index contributed by atoms with van der Waals surface area (Å²) in [5, 5.41) is 3.56. The van der Waals surface area contributed by atoms with Crippen LogP contribution in [0.15, 0.2) is 48.5 Å². The van der Waals surface area contributed by atoms with Crippen LogP contribution in [0.3, 0.4) is 0 Å². The minimum absolute atomic E-state index is 0.355. The second-order valence-corrected chi connectivity index (χ2v) is 4.99. The van der Waals surface area contributed by atoms with E-state index in [0.717, 1.165) is 18.7 Å². The van der Waals surface area contributed by atoms with Gasteiger partial charge in [-0.1, -0.05) is 43.3 Å². The maximum absolute atomic E-state index is 5.22. The van der Waals surface area contributed by atoms with E-state index < -0.39 is 0 Å². The summed E-state index contributed by atoms with van der Waals surface area (Å²) in [5.74, 6) is 0.892. The average molecular weight is 269 g/mol. The Labute approximate surface area is 121 Å². The topological polar surface area (TPSA) is 21.3 Å². The molecule has 0 aliphatic heterocycles. The van der Waals surface area contributed by atoms with E-state index in [1.54, 1.807) is 7.11 Å². The van der Waals surface area contributed by atoms with Gasteiger partial charge in [0.25, 0.3) is 0 Å². The van der Waals surface area contributed by atoms with E-state index in [4.69, 9.17) is 4.74 Å². The van der Waals surface area contributed by atoms with E-state index in [2.05, 4.69) is 55.6 Å². The highest BCUT2D eigenvalue weighted by Crippen LogP contribution is 2.29. The lowest BCUT2D eigenvalue weighted by atomic mass is 9.95. The minimum Gasteiger partial charge on any atom is -0.497 e. The molecule has 20 heavy (non-hydrogen) atoms. The highest BCUT2D eigenvalue weighted by Gasteiger charge is 2.10. The van der Waals surface area contributed by atoms with Crippen LogP contribution in [-0.4, -0.2) is 13.7 Å². The monoisotopic (exact) mass is 269 g/mol. The summed E-state index contributed by atoms with van der Waals surface area (Å²) in [6.07, 6.45) is 1.15. The molecule has 2 nitrogen and oxygen atoms in total. The first-order valence-electron chi connectivity index (χ1n) is 7.23. The molecule has 0 saturated carbocycles. The lowest BCUT2D eigenvalue weighted by Crippen LogP contribution is -2.19. The van der Waals surface area contributed by atoms with Crippen molar-refractivity contribution in [1.82, 2.24) is 5.32 Å². The highest BCUT2D eigenvalue weighted by atomic mass is 16.5. The lowest BCUT2D eigenvalue weighted by Gasteiger charge is -2.18. The fourth-order valence-electron chi connectivity index (χ4n) is 2.38. The molecule has 2 rings (SSSR count). The van der Waals surface area contributed by atoms with E-state index >= 15 is 0 Å². The quantitative estimate of drug-likeness (QED) is 0.838. The SMILES string of the molecule is CCCNC(C)c1ccccc1-c1ccc(OC)cc1. The maximum Gasteiger partial charge on any atom is 0.118 e. The van der Waals surface area contributed by atoms with Gasteiger partial charge in [-0.15, -0.1) is 0 Å². The minimum atomic E-state index is 0.355. The van der Waals surface area contributed by atoms with Gasteiger partial charge < -0.3 is 10.1 Å². The van der Waals surface area contributed by atoms with Crippen molar-refractivity contribution in [2.24, 2.45) is 0 Å². The summed E-state index contributed by atoms with van der Waals surface area (Å²) >= 11 is 0.